The molecule has 1 N–H and O–H groups in total. The first-order valence-corrected chi connectivity index (χ1v) is 10.4. The van der Waals surface area contributed by atoms with E-state index in [-0.39, 0.29) is 5.82 Å². The summed E-state index contributed by atoms with van der Waals surface area (Å²) in [6, 6.07) is 12.7. The van der Waals surface area contributed by atoms with Crippen molar-refractivity contribution in [1.82, 2.24) is 5.32 Å². The van der Waals surface area contributed by atoms with Crippen LogP contribution in [0.15, 0.2) is 46.9 Å². The summed E-state index contributed by atoms with van der Waals surface area (Å²) >= 11 is 3.42. The number of unbranched alkanes of at least 4 members (excludes halogenated alkanes) is 3. The second-order valence-electron chi connectivity index (χ2n) is 7.03. The summed E-state index contributed by atoms with van der Waals surface area (Å²) in [6.45, 7) is 2.94. The highest BCUT2D eigenvalue weighted by molar-refractivity contribution is 9.10. The van der Waals surface area contributed by atoms with Crippen LogP contribution in [0.5, 0.6) is 5.75 Å². The van der Waals surface area contributed by atoms with Gasteiger partial charge in [-0.3, -0.25) is 0 Å². The minimum absolute atomic E-state index is 0.244. The van der Waals surface area contributed by atoms with Gasteiger partial charge in [0.05, 0.1) is 12.2 Å². The summed E-state index contributed by atoms with van der Waals surface area (Å²) in [7, 11) is 0. The van der Waals surface area contributed by atoms with E-state index in [2.05, 4.69) is 21.2 Å². The van der Waals surface area contributed by atoms with Crippen LogP contribution >= 0.6 is 15.9 Å². The zero-order valence-corrected chi connectivity index (χ0v) is 16.7. The van der Waals surface area contributed by atoms with Crippen LogP contribution in [0.25, 0.3) is 11.1 Å². The Morgan fingerprint density at radius 3 is 2.54 bits per heavy atom. The number of ether oxygens (including phenoxy) is 1. The number of hydrogen-bond acceptors (Lipinski definition) is 2. The van der Waals surface area contributed by atoms with Gasteiger partial charge in [0.1, 0.15) is 11.6 Å². The molecule has 0 spiro atoms. The van der Waals surface area contributed by atoms with Crippen molar-refractivity contribution in [2.45, 2.75) is 38.5 Å². The lowest BCUT2D eigenvalue weighted by molar-refractivity contribution is 0.304. The van der Waals surface area contributed by atoms with Gasteiger partial charge in [-0.05, 0) is 74.5 Å². The van der Waals surface area contributed by atoms with Crippen molar-refractivity contribution in [1.29, 1.82) is 0 Å². The van der Waals surface area contributed by atoms with Crippen molar-refractivity contribution in [3.8, 4) is 16.9 Å². The quantitative estimate of drug-likeness (QED) is 0.438. The molecule has 0 atom stereocenters. The zero-order chi connectivity index (χ0) is 18.2. The second-order valence-corrected chi connectivity index (χ2v) is 7.95. The van der Waals surface area contributed by atoms with Crippen molar-refractivity contribution >= 4 is 15.9 Å². The number of nitrogens with one attached hydrogen (secondary N) is 1. The lowest BCUT2D eigenvalue weighted by Gasteiger charge is -2.13. The molecule has 0 amide bonds. The molecule has 0 radical (unpaired) electrons. The Bertz CT molecular complexity index is 685. The van der Waals surface area contributed by atoms with Gasteiger partial charge < -0.3 is 10.1 Å². The van der Waals surface area contributed by atoms with Crippen LogP contribution in [-0.4, -0.2) is 19.7 Å². The maximum absolute atomic E-state index is 14.3. The monoisotopic (exact) mass is 419 g/mol. The molecule has 1 aliphatic carbocycles. The smallest absolute Gasteiger partial charge is 0.134 e. The Morgan fingerprint density at radius 1 is 1.00 bits per heavy atom. The highest BCUT2D eigenvalue weighted by Crippen LogP contribution is 2.33. The molecule has 0 unspecified atom stereocenters. The Balaban J connectivity index is 1.41. The van der Waals surface area contributed by atoms with Crippen molar-refractivity contribution < 1.29 is 9.13 Å². The standard InChI is InChI=1S/C22H27BrFNO/c23-19-12-10-18(11-13-19)22-20(24)6-5-7-21(22)26-15-4-2-1-3-14-25-16-17-8-9-17/h5-7,10-13,17,25H,1-4,8-9,14-16H2. The van der Waals surface area contributed by atoms with Crippen LogP contribution < -0.4 is 10.1 Å². The first kappa shape index (κ1) is 19.4. The summed E-state index contributed by atoms with van der Waals surface area (Å²) in [5.41, 5.74) is 1.38. The third-order valence-corrected chi connectivity index (χ3v) is 5.27. The van der Waals surface area contributed by atoms with Gasteiger partial charge in [0.2, 0.25) is 0 Å². The van der Waals surface area contributed by atoms with Crippen molar-refractivity contribution in [2.75, 3.05) is 19.7 Å². The first-order valence-electron chi connectivity index (χ1n) is 9.62. The Morgan fingerprint density at radius 2 is 1.77 bits per heavy atom. The maximum Gasteiger partial charge on any atom is 0.134 e. The number of rotatable bonds is 11. The third kappa shape index (κ3) is 6.10. The topological polar surface area (TPSA) is 21.3 Å². The molecule has 26 heavy (non-hydrogen) atoms. The minimum atomic E-state index is -0.244. The molecule has 1 fully saturated rings. The normalized spacial score (nSPS) is 13.8. The SMILES string of the molecule is Fc1cccc(OCCCCCCNCC2CC2)c1-c1ccc(Br)cc1. The van der Waals surface area contributed by atoms with Gasteiger partial charge in [0.15, 0.2) is 0 Å². The molecule has 2 aromatic carbocycles. The van der Waals surface area contributed by atoms with Crippen molar-refractivity contribution in [3.05, 3.63) is 52.8 Å². The van der Waals surface area contributed by atoms with E-state index in [1.54, 1.807) is 6.07 Å². The van der Waals surface area contributed by atoms with Gasteiger partial charge >= 0.3 is 0 Å². The number of halogens is 2. The summed E-state index contributed by atoms with van der Waals surface area (Å²) in [6.07, 6.45) is 7.40. The van der Waals surface area contributed by atoms with E-state index in [0.29, 0.717) is 17.9 Å². The maximum atomic E-state index is 14.3. The molecule has 0 heterocycles. The van der Waals surface area contributed by atoms with Gasteiger partial charge in [0.25, 0.3) is 0 Å². The van der Waals surface area contributed by atoms with E-state index in [1.165, 1.54) is 38.3 Å². The van der Waals surface area contributed by atoms with E-state index in [1.807, 2.05) is 30.3 Å². The van der Waals surface area contributed by atoms with Crippen LogP contribution in [0.3, 0.4) is 0 Å². The molecule has 2 nitrogen and oxygen atoms in total. The fraction of sp³-hybridized carbons (Fsp3) is 0.455. The molecule has 4 heteroatoms. The predicted molar refractivity (Wildman–Crippen MR) is 109 cm³/mol. The molecular weight excluding hydrogens is 393 g/mol. The molecule has 3 rings (SSSR count). The Hall–Kier alpha value is -1.39. The summed E-state index contributed by atoms with van der Waals surface area (Å²) in [5, 5.41) is 3.52. The Kier molecular flexibility index (Phi) is 7.51. The molecule has 140 valence electrons. The van der Waals surface area contributed by atoms with Crippen LogP contribution in [0.4, 0.5) is 4.39 Å². The summed E-state index contributed by atoms with van der Waals surface area (Å²) in [4.78, 5) is 0. The predicted octanol–water partition coefficient (Wildman–Crippen LogP) is 6.19. The van der Waals surface area contributed by atoms with Gasteiger partial charge in [-0.2, -0.15) is 0 Å². The highest BCUT2D eigenvalue weighted by Gasteiger charge is 2.19. The van der Waals surface area contributed by atoms with Gasteiger partial charge in [0, 0.05) is 4.47 Å². The fourth-order valence-electron chi connectivity index (χ4n) is 3.04. The molecule has 1 saturated carbocycles. The third-order valence-electron chi connectivity index (χ3n) is 4.74. The minimum Gasteiger partial charge on any atom is -0.493 e. The molecule has 1 aliphatic rings. The van der Waals surface area contributed by atoms with E-state index in [0.717, 1.165) is 35.3 Å². The van der Waals surface area contributed by atoms with Crippen LogP contribution in [-0.2, 0) is 0 Å². The lowest BCUT2D eigenvalue weighted by atomic mass is 10.0. The van der Waals surface area contributed by atoms with Crippen molar-refractivity contribution in [3.63, 3.8) is 0 Å². The summed E-state index contributed by atoms with van der Waals surface area (Å²) in [5.74, 6) is 1.33. The first-order chi connectivity index (χ1) is 12.7. The molecule has 0 aromatic heterocycles. The van der Waals surface area contributed by atoms with Gasteiger partial charge in [-0.15, -0.1) is 0 Å². The van der Waals surface area contributed by atoms with Crippen LogP contribution in [0, 0.1) is 11.7 Å². The molecule has 0 saturated heterocycles. The van der Waals surface area contributed by atoms with Crippen LogP contribution in [0.1, 0.15) is 38.5 Å². The zero-order valence-electron chi connectivity index (χ0n) is 15.1. The molecule has 2 aromatic rings. The van der Waals surface area contributed by atoms with E-state index < -0.39 is 0 Å². The van der Waals surface area contributed by atoms with E-state index in [9.17, 15) is 4.39 Å². The largest absolute Gasteiger partial charge is 0.493 e. The molecule has 0 bridgehead atoms. The second kappa shape index (κ2) is 10.1. The van der Waals surface area contributed by atoms with E-state index in [4.69, 9.17) is 4.74 Å². The van der Waals surface area contributed by atoms with Crippen molar-refractivity contribution in [2.24, 2.45) is 5.92 Å². The fourth-order valence-corrected chi connectivity index (χ4v) is 3.30. The average molecular weight is 420 g/mol. The highest BCUT2D eigenvalue weighted by atomic mass is 79.9. The molecule has 0 aliphatic heterocycles. The molecular formula is C22H27BrFNO. The Labute approximate surface area is 164 Å². The van der Waals surface area contributed by atoms with Gasteiger partial charge in [-0.1, -0.05) is 47.0 Å². The lowest BCUT2D eigenvalue weighted by Crippen LogP contribution is -2.17. The van der Waals surface area contributed by atoms with Gasteiger partial charge in [-0.25, -0.2) is 4.39 Å². The number of benzene rings is 2. The van der Waals surface area contributed by atoms with E-state index >= 15 is 0 Å². The summed E-state index contributed by atoms with van der Waals surface area (Å²) < 4.78 is 21.2. The number of hydrogen-bond donors (Lipinski definition) is 1. The average Bonchev–Trinajstić information content (AvgIpc) is 3.46. The van der Waals surface area contributed by atoms with Crippen LogP contribution in [0.2, 0.25) is 0 Å².